The van der Waals surface area contributed by atoms with Gasteiger partial charge >= 0.3 is 0 Å². The van der Waals surface area contributed by atoms with Gasteiger partial charge in [0, 0.05) is 32.3 Å². The quantitative estimate of drug-likeness (QED) is 0.641. The molecule has 4 heteroatoms. The highest BCUT2D eigenvalue weighted by Gasteiger charge is 2.27. The van der Waals surface area contributed by atoms with E-state index in [1.165, 1.54) is 32.1 Å². The highest BCUT2D eigenvalue weighted by atomic mass is 16.3. The van der Waals surface area contributed by atoms with Crippen LogP contribution in [0.15, 0.2) is 0 Å². The summed E-state index contributed by atoms with van der Waals surface area (Å²) in [5.41, 5.74) is 0. The summed E-state index contributed by atoms with van der Waals surface area (Å²) >= 11 is 0. The van der Waals surface area contributed by atoms with E-state index in [0.717, 1.165) is 38.5 Å². The topological polar surface area (TPSA) is 55.7 Å². The maximum Gasteiger partial charge on any atom is 0.0558 e. The predicted octanol–water partition coefficient (Wildman–Crippen LogP) is 0.831. The Balaban J connectivity index is 1.76. The van der Waals surface area contributed by atoms with Crippen molar-refractivity contribution < 1.29 is 10.2 Å². The first kappa shape index (κ1) is 15.2. The van der Waals surface area contributed by atoms with E-state index in [1.54, 1.807) is 0 Å². The Hall–Kier alpha value is -0.160. The average Bonchev–Trinajstić information content (AvgIpc) is 2.90. The van der Waals surface area contributed by atoms with Gasteiger partial charge < -0.3 is 15.5 Å². The minimum atomic E-state index is 0.237. The molecule has 0 aromatic rings. The number of hydrogen-bond acceptors (Lipinski definition) is 4. The maximum absolute atomic E-state index is 9.14. The fraction of sp³-hybridized carbons (Fsp3) is 1.00. The summed E-state index contributed by atoms with van der Waals surface area (Å²) in [5.74, 6) is 1.45. The van der Waals surface area contributed by atoms with Crippen molar-refractivity contribution in [2.45, 2.75) is 44.6 Å². The van der Waals surface area contributed by atoms with E-state index in [4.69, 9.17) is 10.2 Å². The molecule has 2 fully saturated rings. The molecule has 2 aliphatic rings. The molecular weight excluding hydrogens is 240 g/mol. The summed E-state index contributed by atoms with van der Waals surface area (Å²) in [6.07, 6.45) is 7.65. The van der Waals surface area contributed by atoms with Crippen LogP contribution in [-0.2, 0) is 0 Å². The number of piperidine rings is 1. The van der Waals surface area contributed by atoms with Crippen LogP contribution in [0.3, 0.4) is 0 Å². The van der Waals surface area contributed by atoms with Crippen molar-refractivity contribution in [3.8, 4) is 0 Å². The van der Waals surface area contributed by atoms with Crippen LogP contribution in [0.1, 0.15) is 38.5 Å². The van der Waals surface area contributed by atoms with E-state index in [9.17, 15) is 0 Å². The Labute approximate surface area is 117 Å². The molecule has 0 aromatic heterocycles. The molecule has 1 heterocycles. The Kier molecular flexibility index (Phi) is 6.57. The molecule has 112 valence electrons. The molecule has 4 nitrogen and oxygen atoms in total. The lowest BCUT2D eigenvalue weighted by Gasteiger charge is -2.38. The SMILES string of the molecule is OCCC1CC(NCC2CCCC2)CN(CCO)C1. The summed E-state index contributed by atoms with van der Waals surface area (Å²) in [5, 5.41) is 22.0. The van der Waals surface area contributed by atoms with Gasteiger partial charge in [-0.25, -0.2) is 0 Å². The lowest BCUT2D eigenvalue weighted by atomic mass is 9.91. The summed E-state index contributed by atoms with van der Waals surface area (Å²) in [4.78, 5) is 2.34. The van der Waals surface area contributed by atoms with Gasteiger partial charge in [0.25, 0.3) is 0 Å². The molecule has 2 rings (SSSR count). The van der Waals surface area contributed by atoms with Gasteiger partial charge in [-0.05, 0) is 44.1 Å². The van der Waals surface area contributed by atoms with Gasteiger partial charge in [-0.2, -0.15) is 0 Å². The van der Waals surface area contributed by atoms with Crippen LogP contribution >= 0.6 is 0 Å². The molecule has 1 saturated heterocycles. The second-order valence-electron chi connectivity index (χ2n) is 6.35. The zero-order valence-corrected chi connectivity index (χ0v) is 12.1. The van der Waals surface area contributed by atoms with Crippen molar-refractivity contribution in [1.82, 2.24) is 10.2 Å². The maximum atomic E-state index is 9.14. The van der Waals surface area contributed by atoms with Crippen molar-refractivity contribution in [2.75, 3.05) is 39.4 Å². The summed E-state index contributed by atoms with van der Waals surface area (Å²) < 4.78 is 0. The van der Waals surface area contributed by atoms with Gasteiger partial charge in [-0.3, -0.25) is 4.90 Å². The van der Waals surface area contributed by atoms with Crippen LogP contribution in [0.2, 0.25) is 0 Å². The summed E-state index contributed by atoms with van der Waals surface area (Å²) in [7, 11) is 0. The second-order valence-corrected chi connectivity index (χ2v) is 6.35. The highest BCUT2D eigenvalue weighted by Crippen LogP contribution is 2.25. The number of aliphatic hydroxyl groups excluding tert-OH is 2. The monoisotopic (exact) mass is 270 g/mol. The molecule has 1 aliphatic heterocycles. The van der Waals surface area contributed by atoms with Gasteiger partial charge in [0.2, 0.25) is 0 Å². The minimum absolute atomic E-state index is 0.237. The largest absolute Gasteiger partial charge is 0.396 e. The van der Waals surface area contributed by atoms with Gasteiger partial charge in [0.05, 0.1) is 6.61 Å². The molecule has 0 radical (unpaired) electrons. The van der Waals surface area contributed by atoms with Crippen molar-refractivity contribution in [2.24, 2.45) is 11.8 Å². The first-order valence-electron chi connectivity index (χ1n) is 7.99. The summed E-state index contributed by atoms with van der Waals surface area (Å²) in [6.45, 7) is 4.53. The molecule has 2 unspecified atom stereocenters. The molecule has 1 aliphatic carbocycles. The van der Waals surface area contributed by atoms with Crippen molar-refractivity contribution >= 4 is 0 Å². The summed E-state index contributed by atoms with van der Waals surface area (Å²) in [6, 6.07) is 0.539. The Morgan fingerprint density at radius 2 is 1.79 bits per heavy atom. The Morgan fingerprint density at radius 3 is 2.47 bits per heavy atom. The van der Waals surface area contributed by atoms with E-state index in [0.29, 0.717) is 12.0 Å². The van der Waals surface area contributed by atoms with E-state index < -0.39 is 0 Å². The predicted molar refractivity (Wildman–Crippen MR) is 77.1 cm³/mol. The van der Waals surface area contributed by atoms with Gasteiger partial charge in [0.1, 0.15) is 0 Å². The minimum Gasteiger partial charge on any atom is -0.396 e. The van der Waals surface area contributed by atoms with Crippen LogP contribution in [0.4, 0.5) is 0 Å². The van der Waals surface area contributed by atoms with Crippen LogP contribution in [0.5, 0.6) is 0 Å². The van der Waals surface area contributed by atoms with Gasteiger partial charge in [0.15, 0.2) is 0 Å². The number of hydrogen-bond donors (Lipinski definition) is 3. The van der Waals surface area contributed by atoms with E-state index in [1.807, 2.05) is 0 Å². The average molecular weight is 270 g/mol. The Bertz CT molecular complexity index is 230. The van der Waals surface area contributed by atoms with Crippen LogP contribution in [0.25, 0.3) is 0 Å². The number of nitrogens with zero attached hydrogens (tertiary/aromatic N) is 1. The van der Waals surface area contributed by atoms with Crippen molar-refractivity contribution in [3.05, 3.63) is 0 Å². The first-order chi connectivity index (χ1) is 9.31. The second kappa shape index (κ2) is 8.20. The van der Waals surface area contributed by atoms with Gasteiger partial charge in [-0.15, -0.1) is 0 Å². The number of likely N-dealkylation sites (tertiary alicyclic amines) is 1. The molecule has 0 aromatic carbocycles. The first-order valence-corrected chi connectivity index (χ1v) is 7.99. The van der Waals surface area contributed by atoms with Crippen molar-refractivity contribution in [3.63, 3.8) is 0 Å². The standard InChI is InChI=1S/C15H30N2O2/c18-7-5-14-9-15(12-17(11-14)6-8-19)16-10-13-3-1-2-4-13/h13-16,18-19H,1-12H2. The lowest BCUT2D eigenvalue weighted by Crippen LogP contribution is -2.50. The molecule has 3 N–H and O–H groups in total. The number of aliphatic hydroxyl groups is 2. The zero-order chi connectivity index (χ0) is 13.5. The molecular formula is C15H30N2O2. The van der Waals surface area contributed by atoms with Crippen LogP contribution < -0.4 is 5.32 Å². The Morgan fingerprint density at radius 1 is 1.00 bits per heavy atom. The number of nitrogens with one attached hydrogen (secondary N) is 1. The third-order valence-corrected chi connectivity index (χ3v) is 4.74. The fourth-order valence-electron chi connectivity index (χ4n) is 3.71. The third-order valence-electron chi connectivity index (χ3n) is 4.74. The fourth-order valence-corrected chi connectivity index (χ4v) is 3.71. The smallest absolute Gasteiger partial charge is 0.0558 e. The number of β-amino-alcohol motifs (C(OH)–C–C–N with tert-alkyl or cyclic N) is 1. The highest BCUT2D eigenvalue weighted by molar-refractivity contribution is 4.84. The molecule has 2 atom stereocenters. The molecule has 0 spiro atoms. The molecule has 19 heavy (non-hydrogen) atoms. The zero-order valence-electron chi connectivity index (χ0n) is 12.1. The van der Waals surface area contributed by atoms with E-state index in [-0.39, 0.29) is 13.2 Å². The number of rotatable bonds is 7. The molecule has 1 saturated carbocycles. The van der Waals surface area contributed by atoms with Gasteiger partial charge in [-0.1, -0.05) is 12.8 Å². The molecule has 0 bridgehead atoms. The normalized spacial score (nSPS) is 30.0. The molecule has 0 amide bonds. The lowest BCUT2D eigenvalue weighted by molar-refractivity contribution is 0.101. The third kappa shape index (κ3) is 5.03. The van der Waals surface area contributed by atoms with E-state index >= 15 is 0 Å². The van der Waals surface area contributed by atoms with Crippen LogP contribution in [0, 0.1) is 11.8 Å². The van der Waals surface area contributed by atoms with Crippen molar-refractivity contribution in [1.29, 1.82) is 0 Å². The van der Waals surface area contributed by atoms with Crippen LogP contribution in [-0.4, -0.2) is 60.5 Å². The van der Waals surface area contributed by atoms with E-state index in [2.05, 4.69) is 10.2 Å².